The number of carbonyl (C=O) groups excluding carboxylic acids is 1. The van der Waals surface area contributed by atoms with E-state index in [0.29, 0.717) is 12.3 Å². The summed E-state index contributed by atoms with van der Waals surface area (Å²) in [5, 5.41) is 13.5. The van der Waals surface area contributed by atoms with Gasteiger partial charge in [-0.25, -0.2) is 0 Å². The van der Waals surface area contributed by atoms with Gasteiger partial charge >= 0.3 is 11.8 Å². The first-order valence-electron chi connectivity index (χ1n) is 7.76. The molecule has 0 spiro atoms. The van der Waals surface area contributed by atoms with E-state index in [1.165, 1.54) is 0 Å². The minimum Gasteiger partial charge on any atom is -0.450 e. The lowest BCUT2D eigenvalue weighted by molar-refractivity contribution is 0.0917. The molecule has 1 amide bonds. The normalized spacial score (nSPS) is 11.1. The third-order valence-electron chi connectivity index (χ3n) is 3.98. The molecule has 3 aromatic heterocycles. The number of rotatable bonds is 4. The average Bonchev–Trinajstić information content (AvgIpc) is 3.33. The van der Waals surface area contributed by atoms with Crippen LogP contribution in [0.5, 0.6) is 0 Å². The number of thiophene rings is 1. The van der Waals surface area contributed by atoms with Crippen LogP contribution >= 0.6 is 11.3 Å². The molecule has 3 heterocycles. The summed E-state index contributed by atoms with van der Waals surface area (Å²) in [5.41, 5.74) is 2.73. The van der Waals surface area contributed by atoms with Crippen molar-refractivity contribution in [2.75, 3.05) is 0 Å². The summed E-state index contributed by atoms with van der Waals surface area (Å²) in [6, 6.07) is 9.82. The van der Waals surface area contributed by atoms with Crippen molar-refractivity contribution in [1.29, 1.82) is 0 Å². The van der Waals surface area contributed by atoms with Crippen molar-refractivity contribution in [1.82, 2.24) is 15.5 Å². The summed E-state index contributed by atoms with van der Waals surface area (Å²) in [7, 11) is 0. The molecule has 1 N–H and O–H groups in total. The molecule has 0 unspecified atom stereocenters. The van der Waals surface area contributed by atoms with Gasteiger partial charge in [0.15, 0.2) is 5.76 Å². The molecule has 1 aromatic carbocycles. The zero-order valence-corrected chi connectivity index (χ0v) is 14.5. The molecule has 0 saturated heterocycles. The molecule has 0 saturated carbocycles. The Kier molecular flexibility index (Phi) is 3.85. The summed E-state index contributed by atoms with van der Waals surface area (Å²) in [5.74, 6) is 0.212. The number of para-hydroxylation sites is 1. The Morgan fingerprint density at radius 3 is 2.80 bits per heavy atom. The van der Waals surface area contributed by atoms with E-state index >= 15 is 0 Å². The van der Waals surface area contributed by atoms with Crippen molar-refractivity contribution in [2.24, 2.45) is 0 Å². The van der Waals surface area contributed by atoms with Gasteiger partial charge in [-0.05, 0) is 30.9 Å². The van der Waals surface area contributed by atoms with Crippen LogP contribution < -0.4 is 5.32 Å². The van der Waals surface area contributed by atoms with E-state index in [0.717, 1.165) is 27.0 Å². The number of aromatic nitrogens is 2. The predicted octanol–water partition coefficient (Wildman–Crippen LogP) is 4.09. The fourth-order valence-electron chi connectivity index (χ4n) is 2.65. The van der Waals surface area contributed by atoms with E-state index in [1.807, 2.05) is 49.6 Å². The zero-order valence-electron chi connectivity index (χ0n) is 13.7. The van der Waals surface area contributed by atoms with Crippen molar-refractivity contribution in [3.63, 3.8) is 0 Å². The summed E-state index contributed by atoms with van der Waals surface area (Å²) < 4.78 is 11.4. The second kappa shape index (κ2) is 6.18. The fourth-order valence-corrected chi connectivity index (χ4v) is 3.30. The van der Waals surface area contributed by atoms with Gasteiger partial charge in [-0.1, -0.05) is 24.3 Å². The number of nitrogens with zero attached hydrogens (tertiary/aromatic N) is 2. The Bertz CT molecular complexity index is 1050. The van der Waals surface area contributed by atoms with Crippen molar-refractivity contribution in [2.45, 2.75) is 20.4 Å². The molecule has 6 nitrogen and oxygen atoms in total. The molecule has 25 heavy (non-hydrogen) atoms. The standard InChI is InChI=1S/C18H15N3O3S/c1-10-5-3-7-13-11(2)15(23-14(10)13)17-20-21-18(24-17)16(22)19-9-12-6-4-8-25-12/h3-8H,9H2,1-2H3,(H,19,22). The van der Waals surface area contributed by atoms with Crippen LogP contribution in [0.15, 0.2) is 44.5 Å². The molecule has 7 heteroatoms. The average molecular weight is 353 g/mol. The molecular weight excluding hydrogens is 338 g/mol. The van der Waals surface area contributed by atoms with Gasteiger partial charge in [0.1, 0.15) is 5.58 Å². The van der Waals surface area contributed by atoms with Crippen LogP contribution in [-0.2, 0) is 6.54 Å². The van der Waals surface area contributed by atoms with Crippen LogP contribution in [0, 0.1) is 13.8 Å². The number of benzene rings is 1. The van der Waals surface area contributed by atoms with Crippen LogP contribution in [0.2, 0.25) is 0 Å². The number of nitrogens with one attached hydrogen (secondary N) is 1. The first-order chi connectivity index (χ1) is 12.1. The van der Waals surface area contributed by atoms with Crippen LogP contribution in [0.4, 0.5) is 0 Å². The number of carbonyl (C=O) groups is 1. The first kappa shape index (κ1) is 15.6. The van der Waals surface area contributed by atoms with Crippen LogP contribution in [-0.4, -0.2) is 16.1 Å². The molecule has 0 aliphatic rings. The number of fused-ring (bicyclic) bond motifs is 1. The van der Waals surface area contributed by atoms with E-state index in [1.54, 1.807) is 11.3 Å². The number of hydrogen-bond donors (Lipinski definition) is 1. The second-order valence-electron chi connectivity index (χ2n) is 5.68. The van der Waals surface area contributed by atoms with Gasteiger partial charge in [-0.3, -0.25) is 4.79 Å². The summed E-state index contributed by atoms with van der Waals surface area (Å²) in [6.07, 6.45) is 0. The molecule has 0 fully saturated rings. The van der Waals surface area contributed by atoms with Gasteiger partial charge in [-0.2, -0.15) is 0 Å². The monoisotopic (exact) mass is 353 g/mol. The Morgan fingerprint density at radius 1 is 1.16 bits per heavy atom. The molecule has 4 aromatic rings. The first-order valence-corrected chi connectivity index (χ1v) is 8.64. The predicted molar refractivity (Wildman–Crippen MR) is 94.5 cm³/mol. The lowest BCUT2D eigenvalue weighted by atomic mass is 10.1. The highest BCUT2D eigenvalue weighted by molar-refractivity contribution is 7.09. The maximum absolute atomic E-state index is 12.2. The lowest BCUT2D eigenvalue weighted by Gasteiger charge is -1.98. The van der Waals surface area contributed by atoms with Gasteiger partial charge in [0.25, 0.3) is 5.89 Å². The number of aryl methyl sites for hydroxylation is 2. The molecule has 4 rings (SSSR count). The quantitative estimate of drug-likeness (QED) is 0.597. The van der Waals surface area contributed by atoms with Gasteiger partial charge in [0.05, 0.1) is 6.54 Å². The van der Waals surface area contributed by atoms with Gasteiger partial charge in [0, 0.05) is 15.8 Å². The molecule has 0 aliphatic carbocycles. The molecule has 126 valence electrons. The van der Waals surface area contributed by atoms with Gasteiger partial charge < -0.3 is 14.2 Å². The van der Waals surface area contributed by atoms with Crippen molar-refractivity contribution >= 4 is 28.2 Å². The molecule has 0 atom stereocenters. The molecule has 0 bridgehead atoms. The summed E-state index contributed by atoms with van der Waals surface area (Å²) in [4.78, 5) is 13.2. The molecular formula is C18H15N3O3S. The highest BCUT2D eigenvalue weighted by atomic mass is 32.1. The van der Waals surface area contributed by atoms with E-state index in [-0.39, 0.29) is 11.8 Å². The van der Waals surface area contributed by atoms with E-state index in [4.69, 9.17) is 8.83 Å². The van der Waals surface area contributed by atoms with Gasteiger partial charge in [0.2, 0.25) is 0 Å². The number of furan rings is 1. The number of amides is 1. The lowest BCUT2D eigenvalue weighted by Crippen LogP contribution is -2.22. The summed E-state index contributed by atoms with van der Waals surface area (Å²) in [6.45, 7) is 4.34. The second-order valence-corrected chi connectivity index (χ2v) is 6.71. The highest BCUT2D eigenvalue weighted by Crippen LogP contribution is 2.33. The Hall–Kier alpha value is -2.93. The van der Waals surface area contributed by atoms with E-state index in [2.05, 4.69) is 15.5 Å². The third kappa shape index (κ3) is 2.83. The van der Waals surface area contributed by atoms with Crippen LogP contribution in [0.3, 0.4) is 0 Å². The van der Waals surface area contributed by atoms with Crippen molar-refractivity contribution in [3.8, 4) is 11.7 Å². The Balaban J connectivity index is 1.60. The smallest absolute Gasteiger partial charge is 0.309 e. The number of hydrogen-bond acceptors (Lipinski definition) is 6. The molecule has 0 aliphatic heterocycles. The van der Waals surface area contributed by atoms with E-state index in [9.17, 15) is 4.79 Å². The maximum Gasteiger partial charge on any atom is 0.309 e. The highest BCUT2D eigenvalue weighted by Gasteiger charge is 2.21. The SMILES string of the molecule is Cc1c(-c2nnc(C(=O)NCc3cccs3)o2)oc2c(C)cccc12. The Morgan fingerprint density at radius 2 is 2.04 bits per heavy atom. The fraction of sp³-hybridized carbons (Fsp3) is 0.167. The van der Waals surface area contributed by atoms with Crippen LogP contribution in [0.25, 0.3) is 22.6 Å². The minimum absolute atomic E-state index is 0.0804. The van der Waals surface area contributed by atoms with Gasteiger partial charge in [-0.15, -0.1) is 21.5 Å². The largest absolute Gasteiger partial charge is 0.450 e. The maximum atomic E-state index is 12.2. The van der Waals surface area contributed by atoms with Crippen molar-refractivity contribution in [3.05, 3.63) is 57.6 Å². The Labute approximate surface area is 147 Å². The molecule has 0 radical (unpaired) electrons. The topological polar surface area (TPSA) is 81.2 Å². The third-order valence-corrected chi connectivity index (χ3v) is 4.85. The minimum atomic E-state index is -0.405. The summed E-state index contributed by atoms with van der Waals surface area (Å²) >= 11 is 1.57. The van der Waals surface area contributed by atoms with Crippen LogP contribution in [0.1, 0.15) is 26.7 Å². The van der Waals surface area contributed by atoms with Crippen molar-refractivity contribution < 1.29 is 13.6 Å². The zero-order chi connectivity index (χ0) is 17.4. The van der Waals surface area contributed by atoms with E-state index < -0.39 is 5.91 Å².